The standard InChI is InChI=1S/C15H18N.C9H12N.2ClH.Ti/c1-12-7-4-5-9-14(12)15-10-6-8-13(15)11-16(2)3;1-6-4-7(2)9(10)8(3)5-6;;;/h4-9H,1,10-11H2,2-3H3;4-5,10H,1-3H3;2*1H;/q2*-1;;;+2. The van der Waals surface area contributed by atoms with Crippen LogP contribution in [0.1, 0.15) is 34.2 Å². The van der Waals surface area contributed by atoms with E-state index in [1.165, 1.54) is 22.3 Å². The van der Waals surface area contributed by atoms with Crippen LogP contribution in [-0.4, -0.2) is 25.5 Å². The first-order valence-corrected chi connectivity index (χ1v) is 9.03. The number of halogens is 2. The molecule has 0 spiro atoms. The number of aryl methyl sites for hydroxylation is 3. The Hall–Kier alpha value is -1.16. The molecule has 2 nitrogen and oxygen atoms in total. The van der Waals surface area contributed by atoms with E-state index in [9.17, 15) is 0 Å². The zero-order chi connectivity index (χ0) is 19.3. The van der Waals surface area contributed by atoms with Crippen molar-refractivity contribution in [3.63, 3.8) is 0 Å². The zero-order valence-electron chi connectivity index (χ0n) is 18.0. The molecule has 0 aromatic heterocycles. The minimum absolute atomic E-state index is 0. The molecular formula is C24H32Cl2N2Ti. The molecule has 0 amide bonds. The van der Waals surface area contributed by atoms with E-state index in [4.69, 9.17) is 5.73 Å². The van der Waals surface area contributed by atoms with Crippen LogP contribution in [0.2, 0.25) is 0 Å². The quantitative estimate of drug-likeness (QED) is 0.344. The molecule has 1 aliphatic carbocycles. The van der Waals surface area contributed by atoms with Crippen molar-refractivity contribution >= 4 is 36.1 Å². The third kappa shape index (κ3) is 8.62. The van der Waals surface area contributed by atoms with Gasteiger partial charge in [0, 0.05) is 6.54 Å². The predicted molar refractivity (Wildman–Crippen MR) is 129 cm³/mol. The minimum Gasteiger partial charge on any atom is -0.698 e. The van der Waals surface area contributed by atoms with Gasteiger partial charge >= 0.3 is 21.7 Å². The number of likely N-dealkylation sites (N-methyl/N-ethyl adjacent to an activating group) is 1. The van der Waals surface area contributed by atoms with Gasteiger partial charge in [0.25, 0.3) is 0 Å². The van der Waals surface area contributed by atoms with Crippen molar-refractivity contribution in [1.82, 2.24) is 4.90 Å². The van der Waals surface area contributed by atoms with Gasteiger partial charge in [-0.2, -0.15) is 18.6 Å². The summed E-state index contributed by atoms with van der Waals surface area (Å²) < 4.78 is 0. The molecule has 0 aliphatic heterocycles. The largest absolute Gasteiger partial charge is 2.00 e. The molecule has 0 heterocycles. The Morgan fingerprint density at radius 2 is 1.55 bits per heavy atom. The van der Waals surface area contributed by atoms with E-state index in [0.29, 0.717) is 5.69 Å². The van der Waals surface area contributed by atoms with Gasteiger partial charge in [0.2, 0.25) is 0 Å². The first-order valence-electron chi connectivity index (χ1n) is 9.03. The molecular weight excluding hydrogens is 435 g/mol. The van der Waals surface area contributed by atoms with Gasteiger partial charge in [0.1, 0.15) is 0 Å². The van der Waals surface area contributed by atoms with E-state index in [1.54, 1.807) is 0 Å². The third-order valence-corrected chi connectivity index (χ3v) is 4.53. The van der Waals surface area contributed by atoms with Gasteiger partial charge in [-0.1, -0.05) is 52.6 Å². The monoisotopic (exact) mass is 466 g/mol. The first kappa shape index (κ1) is 30.0. The van der Waals surface area contributed by atoms with Crippen molar-refractivity contribution < 1.29 is 21.7 Å². The average Bonchev–Trinajstić information content (AvgIpc) is 3.00. The van der Waals surface area contributed by atoms with Crippen LogP contribution in [0, 0.1) is 27.7 Å². The van der Waals surface area contributed by atoms with Gasteiger partial charge in [-0.15, -0.1) is 48.2 Å². The molecule has 2 aromatic carbocycles. The second kappa shape index (κ2) is 14.0. The molecule has 0 saturated carbocycles. The number of hydrogen-bond acceptors (Lipinski definition) is 1. The summed E-state index contributed by atoms with van der Waals surface area (Å²) in [6.45, 7) is 11.1. The number of hydrogen-bond donors (Lipinski definition) is 0. The predicted octanol–water partition coefficient (Wildman–Crippen LogP) is 7.28. The van der Waals surface area contributed by atoms with Crippen LogP contribution < -0.4 is 0 Å². The molecule has 0 bridgehead atoms. The normalized spacial score (nSPS) is 11.8. The van der Waals surface area contributed by atoms with Crippen molar-refractivity contribution in [3.8, 4) is 0 Å². The maximum atomic E-state index is 7.54. The number of nitrogens with one attached hydrogen (secondary N) is 1. The number of benzene rings is 2. The van der Waals surface area contributed by atoms with Gasteiger partial charge in [-0.25, -0.2) is 0 Å². The Kier molecular flexibility index (Phi) is 14.5. The van der Waals surface area contributed by atoms with Crippen LogP contribution in [0.4, 0.5) is 5.69 Å². The van der Waals surface area contributed by atoms with E-state index in [-0.39, 0.29) is 46.5 Å². The zero-order valence-corrected chi connectivity index (χ0v) is 21.2. The molecule has 0 saturated heterocycles. The molecule has 2 aromatic rings. The molecule has 0 atom stereocenters. The van der Waals surface area contributed by atoms with E-state index in [0.717, 1.165) is 29.7 Å². The summed E-state index contributed by atoms with van der Waals surface area (Å²) in [6.07, 6.45) is 5.51. The summed E-state index contributed by atoms with van der Waals surface area (Å²) in [5.41, 5.74) is 16.9. The van der Waals surface area contributed by atoms with Crippen LogP contribution in [0.15, 0.2) is 54.1 Å². The summed E-state index contributed by atoms with van der Waals surface area (Å²) in [4.78, 5) is 2.21. The molecule has 1 N–H and O–H groups in total. The van der Waals surface area contributed by atoms with Gasteiger partial charge in [-0.3, -0.25) is 0 Å². The third-order valence-electron chi connectivity index (χ3n) is 4.53. The Bertz CT molecular complexity index is 820. The van der Waals surface area contributed by atoms with Gasteiger partial charge < -0.3 is 10.6 Å². The maximum absolute atomic E-state index is 7.54. The van der Waals surface area contributed by atoms with Crippen molar-refractivity contribution in [3.05, 3.63) is 94.6 Å². The molecule has 156 valence electrons. The Balaban J connectivity index is 0. The molecule has 0 unspecified atom stereocenters. The topological polar surface area (TPSA) is 27.0 Å². The van der Waals surface area contributed by atoms with Crippen molar-refractivity contribution in [2.24, 2.45) is 0 Å². The number of allylic oxidation sites excluding steroid dienone is 2. The maximum Gasteiger partial charge on any atom is 2.00 e. The fourth-order valence-corrected chi connectivity index (χ4v) is 3.32. The fraction of sp³-hybridized carbons (Fsp3) is 0.292. The summed E-state index contributed by atoms with van der Waals surface area (Å²) in [7, 11) is 4.21. The average molecular weight is 467 g/mol. The van der Waals surface area contributed by atoms with Crippen molar-refractivity contribution in [2.75, 3.05) is 20.6 Å². The minimum atomic E-state index is 0. The molecule has 5 heteroatoms. The van der Waals surface area contributed by atoms with Gasteiger partial charge in [0.05, 0.1) is 0 Å². The summed E-state index contributed by atoms with van der Waals surface area (Å²) in [5, 5.41) is 0. The Morgan fingerprint density at radius 3 is 2.07 bits per heavy atom. The Labute approximate surface area is 204 Å². The Morgan fingerprint density at radius 1 is 1.00 bits per heavy atom. The summed E-state index contributed by atoms with van der Waals surface area (Å²) in [6, 6.07) is 12.4. The van der Waals surface area contributed by atoms with Crippen LogP contribution in [0.3, 0.4) is 0 Å². The van der Waals surface area contributed by atoms with Crippen LogP contribution in [0.5, 0.6) is 0 Å². The molecule has 1 aliphatic rings. The number of rotatable bonds is 3. The molecule has 0 radical (unpaired) electrons. The summed E-state index contributed by atoms with van der Waals surface area (Å²) >= 11 is 0. The molecule has 29 heavy (non-hydrogen) atoms. The summed E-state index contributed by atoms with van der Waals surface area (Å²) in [5.74, 6) is 0. The second-order valence-corrected chi connectivity index (χ2v) is 7.28. The van der Waals surface area contributed by atoms with E-state index < -0.39 is 0 Å². The van der Waals surface area contributed by atoms with E-state index in [1.807, 2.05) is 32.0 Å². The smallest absolute Gasteiger partial charge is 0.698 e. The first-order chi connectivity index (χ1) is 12.3. The van der Waals surface area contributed by atoms with Crippen LogP contribution in [0.25, 0.3) is 11.3 Å². The van der Waals surface area contributed by atoms with Crippen LogP contribution >= 0.6 is 24.8 Å². The molecule has 0 fully saturated rings. The van der Waals surface area contributed by atoms with E-state index >= 15 is 0 Å². The van der Waals surface area contributed by atoms with Crippen LogP contribution in [-0.2, 0) is 21.7 Å². The van der Waals surface area contributed by atoms with E-state index in [2.05, 4.69) is 63.2 Å². The number of nitrogens with zero attached hydrogens (tertiary/aromatic N) is 1. The van der Waals surface area contributed by atoms with Gasteiger partial charge in [-0.05, 0) is 46.9 Å². The van der Waals surface area contributed by atoms with Crippen molar-refractivity contribution in [2.45, 2.75) is 27.2 Å². The van der Waals surface area contributed by atoms with Crippen molar-refractivity contribution in [1.29, 1.82) is 0 Å². The second-order valence-electron chi connectivity index (χ2n) is 7.28. The SMILES string of the molecule is Cc1cc(C)c([NH-])c(C)c1.Cl.Cl.[CH2-]c1ccccc1C1=C(CN(C)C)C=CC1.[Ti+2]. The molecule has 3 rings (SSSR count). The fourth-order valence-electron chi connectivity index (χ4n) is 3.32. The van der Waals surface area contributed by atoms with Gasteiger partial charge in [0.15, 0.2) is 0 Å².